The molecule has 4 atom stereocenters. The molecule has 0 aromatic heterocycles. The summed E-state index contributed by atoms with van der Waals surface area (Å²) in [5, 5.41) is 14.6. The molecule has 2 aromatic rings. The van der Waals surface area contributed by atoms with Crippen molar-refractivity contribution >= 4 is 5.91 Å². The number of fused-ring (bicyclic) bond motifs is 1. The summed E-state index contributed by atoms with van der Waals surface area (Å²) >= 11 is 0. The number of aliphatic hydroxyl groups is 1. The zero-order valence-electron chi connectivity index (χ0n) is 21.7. The molecule has 2 N–H and O–H groups in total. The SMILES string of the molecule is C=CCN1CCC2(c3cccc(OC)c3)CC(NC(=O)CCCCCc3ccccc3)CC(O)C2C1. The van der Waals surface area contributed by atoms with E-state index >= 15 is 0 Å². The first-order valence-electron chi connectivity index (χ1n) is 13.5. The minimum absolute atomic E-state index is 0.0229. The van der Waals surface area contributed by atoms with Crippen molar-refractivity contribution in [3.63, 3.8) is 0 Å². The van der Waals surface area contributed by atoms with Gasteiger partial charge in [0.25, 0.3) is 0 Å². The highest BCUT2D eigenvalue weighted by molar-refractivity contribution is 5.76. The zero-order chi connectivity index (χ0) is 25.4. The van der Waals surface area contributed by atoms with Gasteiger partial charge in [0, 0.05) is 36.9 Å². The van der Waals surface area contributed by atoms with Gasteiger partial charge < -0.3 is 15.2 Å². The first kappa shape index (κ1) is 26.4. The van der Waals surface area contributed by atoms with Crippen molar-refractivity contribution in [2.24, 2.45) is 5.92 Å². The lowest BCUT2D eigenvalue weighted by Gasteiger charge is -2.54. The van der Waals surface area contributed by atoms with Crippen molar-refractivity contribution in [3.05, 3.63) is 78.4 Å². The number of hydrogen-bond donors (Lipinski definition) is 2. The van der Waals surface area contributed by atoms with Crippen LogP contribution in [0.4, 0.5) is 0 Å². The standard InChI is InChI=1S/C31H42N2O3/c1-3-18-33-19-17-31(25-14-10-15-27(20-25)36-2)22-26(21-29(34)28(31)23-33)32-30(35)16-9-5-8-13-24-11-6-4-7-12-24/h3-4,6-7,10-12,14-15,20,26,28-29,34H,1,5,8-9,13,16-19,21-23H2,2H3,(H,32,35). The molecule has 5 nitrogen and oxygen atoms in total. The molecule has 1 aliphatic carbocycles. The van der Waals surface area contributed by atoms with Gasteiger partial charge in [0.2, 0.25) is 5.91 Å². The number of piperidine rings is 1. The maximum atomic E-state index is 12.9. The van der Waals surface area contributed by atoms with Gasteiger partial charge in [-0.3, -0.25) is 9.69 Å². The Kier molecular flexibility index (Phi) is 9.22. The molecule has 2 aromatic carbocycles. The summed E-state index contributed by atoms with van der Waals surface area (Å²) in [5.74, 6) is 1.06. The highest BCUT2D eigenvalue weighted by Crippen LogP contribution is 2.49. The lowest BCUT2D eigenvalue weighted by Crippen LogP contribution is -2.61. The molecule has 0 spiro atoms. The molecule has 4 rings (SSSR count). The predicted molar refractivity (Wildman–Crippen MR) is 145 cm³/mol. The number of ether oxygens (including phenoxy) is 1. The highest BCUT2D eigenvalue weighted by atomic mass is 16.5. The van der Waals surface area contributed by atoms with Gasteiger partial charge in [0.15, 0.2) is 0 Å². The third-order valence-electron chi connectivity index (χ3n) is 8.25. The Hall–Kier alpha value is -2.63. The second-order valence-corrected chi connectivity index (χ2v) is 10.6. The number of aryl methyl sites for hydroxylation is 1. The van der Waals surface area contributed by atoms with Crippen LogP contribution in [0.1, 0.15) is 56.1 Å². The van der Waals surface area contributed by atoms with Crippen molar-refractivity contribution in [2.75, 3.05) is 26.7 Å². The fraction of sp³-hybridized carbons (Fsp3) is 0.516. The number of aliphatic hydroxyl groups excluding tert-OH is 1. The summed E-state index contributed by atoms with van der Waals surface area (Å²) < 4.78 is 5.54. The number of carbonyl (C=O) groups excluding carboxylic acids is 1. The van der Waals surface area contributed by atoms with Crippen LogP contribution in [0.25, 0.3) is 0 Å². The molecule has 2 aliphatic rings. The number of likely N-dealkylation sites (tertiary alicyclic amines) is 1. The van der Waals surface area contributed by atoms with Crippen LogP contribution in [-0.2, 0) is 16.6 Å². The molecular formula is C31H42N2O3. The average Bonchev–Trinajstić information content (AvgIpc) is 2.89. The number of amides is 1. The number of unbranched alkanes of at least 4 members (excludes halogenated alkanes) is 2. The minimum atomic E-state index is -0.464. The molecule has 1 heterocycles. The maximum absolute atomic E-state index is 12.9. The summed E-state index contributed by atoms with van der Waals surface area (Å²) in [6.07, 6.45) is 8.53. The van der Waals surface area contributed by atoms with E-state index in [2.05, 4.69) is 53.2 Å². The van der Waals surface area contributed by atoms with Gasteiger partial charge in [0.1, 0.15) is 5.75 Å². The lowest BCUT2D eigenvalue weighted by atomic mass is 9.57. The first-order valence-corrected chi connectivity index (χ1v) is 13.5. The van der Waals surface area contributed by atoms with Crippen molar-refractivity contribution in [1.29, 1.82) is 0 Å². The fourth-order valence-corrected chi connectivity index (χ4v) is 6.41. The van der Waals surface area contributed by atoms with E-state index < -0.39 is 6.10 Å². The fourth-order valence-electron chi connectivity index (χ4n) is 6.41. The Morgan fingerprint density at radius 3 is 2.81 bits per heavy atom. The molecule has 5 heteroatoms. The molecule has 1 aliphatic heterocycles. The van der Waals surface area contributed by atoms with Gasteiger partial charge in [-0.05, 0) is 68.3 Å². The van der Waals surface area contributed by atoms with Gasteiger partial charge in [0.05, 0.1) is 13.2 Å². The molecule has 0 bridgehead atoms. The van der Waals surface area contributed by atoms with Crippen molar-refractivity contribution in [3.8, 4) is 5.75 Å². The summed E-state index contributed by atoms with van der Waals surface area (Å²) in [4.78, 5) is 15.2. The van der Waals surface area contributed by atoms with E-state index in [-0.39, 0.29) is 23.3 Å². The van der Waals surface area contributed by atoms with E-state index in [9.17, 15) is 9.90 Å². The van der Waals surface area contributed by atoms with E-state index in [1.54, 1.807) is 7.11 Å². The molecule has 36 heavy (non-hydrogen) atoms. The minimum Gasteiger partial charge on any atom is -0.497 e. The predicted octanol–water partition coefficient (Wildman–Crippen LogP) is 4.88. The normalized spacial score (nSPS) is 26.1. The van der Waals surface area contributed by atoms with Gasteiger partial charge >= 0.3 is 0 Å². The van der Waals surface area contributed by atoms with Crippen molar-refractivity contribution < 1.29 is 14.6 Å². The molecule has 4 unspecified atom stereocenters. The monoisotopic (exact) mass is 490 g/mol. The number of benzene rings is 2. The van der Waals surface area contributed by atoms with Crippen LogP contribution < -0.4 is 10.1 Å². The van der Waals surface area contributed by atoms with Crippen molar-refractivity contribution in [1.82, 2.24) is 10.2 Å². The Morgan fingerprint density at radius 1 is 1.19 bits per heavy atom. The van der Waals surface area contributed by atoms with E-state index in [1.165, 1.54) is 11.1 Å². The van der Waals surface area contributed by atoms with E-state index in [4.69, 9.17) is 4.74 Å². The van der Waals surface area contributed by atoms with Gasteiger partial charge in [-0.25, -0.2) is 0 Å². The number of nitrogens with one attached hydrogen (secondary N) is 1. The Balaban J connectivity index is 1.38. The number of methoxy groups -OCH3 is 1. The van der Waals surface area contributed by atoms with Crippen LogP contribution in [0, 0.1) is 5.92 Å². The average molecular weight is 491 g/mol. The second-order valence-electron chi connectivity index (χ2n) is 10.6. The summed E-state index contributed by atoms with van der Waals surface area (Å²) in [6.45, 7) is 6.53. The van der Waals surface area contributed by atoms with Crippen LogP contribution in [-0.4, -0.2) is 54.8 Å². The van der Waals surface area contributed by atoms with Crippen LogP contribution in [0.3, 0.4) is 0 Å². The number of rotatable bonds is 11. The van der Waals surface area contributed by atoms with Gasteiger partial charge in [-0.2, -0.15) is 0 Å². The van der Waals surface area contributed by atoms with Crippen LogP contribution >= 0.6 is 0 Å². The summed E-state index contributed by atoms with van der Waals surface area (Å²) in [6, 6.07) is 18.8. The number of hydrogen-bond acceptors (Lipinski definition) is 4. The summed E-state index contributed by atoms with van der Waals surface area (Å²) in [5.41, 5.74) is 2.39. The molecule has 1 amide bonds. The van der Waals surface area contributed by atoms with Crippen LogP contribution in [0.15, 0.2) is 67.3 Å². The van der Waals surface area contributed by atoms with Gasteiger partial charge in [-0.15, -0.1) is 6.58 Å². The molecule has 1 saturated heterocycles. The number of carbonyl (C=O) groups is 1. The zero-order valence-corrected chi connectivity index (χ0v) is 21.7. The quantitative estimate of drug-likeness (QED) is 0.348. The van der Waals surface area contributed by atoms with E-state index in [1.807, 2.05) is 24.3 Å². The molecule has 1 saturated carbocycles. The van der Waals surface area contributed by atoms with Crippen molar-refractivity contribution in [2.45, 2.75) is 68.9 Å². The number of nitrogens with zero attached hydrogens (tertiary/aromatic N) is 1. The van der Waals surface area contributed by atoms with E-state index in [0.717, 1.165) is 63.9 Å². The second kappa shape index (κ2) is 12.6. The third kappa shape index (κ3) is 6.37. The summed E-state index contributed by atoms with van der Waals surface area (Å²) in [7, 11) is 1.69. The first-order chi connectivity index (χ1) is 17.5. The Morgan fingerprint density at radius 2 is 2.03 bits per heavy atom. The highest BCUT2D eigenvalue weighted by Gasteiger charge is 2.52. The maximum Gasteiger partial charge on any atom is 0.220 e. The molecule has 2 fully saturated rings. The van der Waals surface area contributed by atoms with E-state index in [0.29, 0.717) is 12.8 Å². The van der Waals surface area contributed by atoms with Gasteiger partial charge in [-0.1, -0.05) is 55.0 Å². The third-order valence-corrected chi connectivity index (χ3v) is 8.25. The molecular weight excluding hydrogens is 448 g/mol. The topological polar surface area (TPSA) is 61.8 Å². The smallest absolute Gasteiger partial charge is 0.220 e. The Bertz CT molecular complexity index is 994. The van der Waals surface area contributed by atoms with Crippen LogP contribution in [0.2, 0.25) is 0 Å². The molecule has 0 radical (unpaired) electrons. The molecule has 194 valence electrons. The Labute approximate surface area is 216 Å². The van der Waals surface area contributed by atoms with Crippen LogP contribution in [0.5, 0.6) is 5.75 Å². The largest absolute Gasteiger partial charge is 0.497 e. The lowest BCUT2D eigenvalue weighted by molar-refractivity contribution is -0.123.